The van der Waals surface area contributed by atoms with Crippen molar-refractivity contribution >= 4 is 11.9 Å². The molecule has 5 nitrogen and oxygen atoms in total. The fourth-order valence-corrected chi connectivity index (χ4v) is 4.21. The van der Waals surface area contributed by atoms with Crippen LogP contribution in [0.1, 0.15) is 64.0 Å². The van der Waals surface area contributed by atoms with Crippen molar-refractivity contribution in [3.63, 3.8) is 0 Å². The second kappa shape index (κ2) is 8.97. The molecule has 154 valence electrons. The van der Waals surface area contributed by atoms with Gasteiger partial charge < -0.3 is 15.5 Å². The molecular formula is C23H36N4O. The molecule has 2 fully saturated rings. The van der Waals surface area contributed by atoms with Crippen molar-refractivity contribution in [3.8, 4) is 0 Å². The summed E-state index contributed by atoms with van der Waals surface area (Å²) in [5.74, 6) is 1.44. The SMILES string of the molecule is CN=C(NCc1ccc(C(C)(C)C)cc1)NC1CCN(C(=O)C2CCCC2)C1. The summed E-state index contributed by atoms with van der Waals surface area (Å²) in [5, 5.41) is 6.90. The van der Waals surface area contributed by atoms with Crippen LogP contribution < -0.4 is 10.6 Å². The fourth-order valence-electron chi connectivity index (χ4n) is 4.21. The predicted octanol–water partition coefficient (Wildman–Crippen LogP) is 3.44. The molecule has 0 radical (unpaired) electrons. The highest BCUT2D eigenvalue weighted by molar-refractivity contribution is 5.81. The van der Waals surface area contributed by atoms with E-state index in [0.29, 0.717) is 5.91 Å². The van der Waals surface area contributed by atoms with Crippen LogP contribution in [0.15, 0.2) is 29.3 Å². The summed E-state index contributed by atoms with van der Waals surface area (Å²) in [6.07, 6.45) is 5.55. The maximum absolute atomic E-state index is 12.6. The minimum absolute atomic E-state index is 0.174. The van der Waals surface area contributed by atoms with Gasteiger partial charge in [0.2, 0.25) is 5.91 Å². The summed E-state index contributed by atoms with van der Waals surface area (Å²) in [7, 11) is 1.80. The fraction of sp³-hybridized carbons (Fsp3) is 0.652. The molecule has 1 amide bonds. The highest BCUT2D eigenvalue weighted by Gasteiger charge is 2.32. The van der Waals surface area contributed by atoms with Gasteiger partial charge in [-0.2, -0.15) is 0 Å². The zero-order valence-corrected chi connectivity index (χ0v) is 17.9. The van der Waals surface area contributed by atoms with Crippen LogP contribution in [-0.2, 0) is 16.8 Å². The summed E-state index contributed by atoms with van der Waals surface area (Å²) in [6.45, 7) is 9.08. The monoisotopic (exact) mass is 384 g/mol. The molecule has 1 aliphatic heterocycles. The lowest BCUT2D eigenvalue weighted by atomic mass is 9.87. The third kappa shape index (κ3) is 5.27. The van der Waals surface area contributed by atoms with Gasteiger partial charge in [0.1, 0.15) is 0 Å². The number of likely N-dealkylation sites (tertiary alicyclic amines) is 1. The number of nitrogens with one attached hydrogen (secondary N) is 2. The van der Waals surface area contributed by atoms with E-state index in [1.165, 1.54) is 24.0 Å². The Bertz CT molecular complexity index is 684. The molecule has 28 heavy (non-hydrogen) atoms. The van der Waals surface area contributed by atoms with Crippen molar-refractivity contribution in [1.82, 2.24) is 15.5 Å². The van der Waals surface area contributed by atoms with Gasteiger partial charge in [-0.25, -0.2) is 0 Å². The Labute approximate surface area is 170 Å². The summed E-state index contributed by atoms with van der Waals surface area (Å²) in [4.78, 5) is 19.0. The Morgan fingerprint density at radius 1 is 1.14 bits per heavy atom. The average molecular weight is 385 g/mol. The highest BCUT2D eigenvalue weighted by Crippen LogP contribution is 2.28. The number of carbonyl (C=O) groups excluding carboxylic acids is 1. The molecule has 0 bridgehead atoms. The standard InChI is InChI=1S/C23H36N4O/c1-23(2,3)19-11-9-17(10-12-19)15-25-22(24-4)26-20-13-14-27(16-20)21(28)18-7-5-6-8-18/h9-12,18,20H,5-8,13-16H2,1-4H3,(H2,24,25,26). The van der Waals surface area contributed by atoms with Gasteiger partial charge in [0, 0.05) is 38.6 Å². The van der Waals surface area contributed by atoms with E-state index in [9.17, 15) is 4.79 Å². The maximum Gasteiger partial charge on any atom is 0.225 e. The molecule has 2 aliphatic rings. The van der Waals surface area contributed by atoms with Crippen molar-refractivity contribution in [3.05, 3.63) is 35.4 Å². The zero-order valence-electron chi connectivity index (χ0n) is 17.9. The van der Waals surface area contributed by atoms with Gasteiger partial charge in [-0.15, -0.1) is 0 Å². The first-order valence-corrected chi connectivity index (χ1v) is 10.7. The van der Waals surface area contributed by atoms with E-state index in [4.69, 9.17) is 0 Å². The van der Waals surface area contributed by atoms with E-state index in [2.05, 4.69) is 60.7 Å². The second-order valence-corrected chi connectivity index (χ2v) is 9.27. The Kier molecular flexibility index (Phi) is 6.63. The number of aliphatic imine (C=N–C) groups is 1. The molecule has 1 saturated carbocycles. The Balaban J connectivity index is 1.46. The third-order valence-corrected chi connectivity index (χ3v) is 6.05. The Morgan fingerprint density at radius 2 is 1.82 bits per heavy atom. The van der Waals surface area contributed by atoms with Crippen LogP contribution >= 0.6 is 0 Å². The van der Waals surface area contributed by atoms with Crippen LogP contribution in [0.5, 0.6) is 0 Å². The van der Waals surface area contributed by atoms with E-state index in [-0.39, 0.29) is 17.4 Å². The molecule has 1 atom stereocenters. The molecular weight excluding hydrogens is 348 g/mol. The van der Waals surface area contributed by atoms with Crippen molar-refractivity contribution in [2.45, 2.75) is 70.9 Å². The van der Waals surface area contributed by atoms with Crippen LogP contribution in [0.25, 0.3) is 0 Å². The number of rotatable bonds is 4. The largest absolute Gasteiger partial charge is 0.352 e. The molecule has 1 aromatic carbocycles. The quantitative estimate of drug-likeness (QED) is 0.618. The van der Waals surface area contributed by atoms with Crippen LogP contribution in [0.2, 0.25) is 0 Å². The lowest BCUT2D eigenvalue weighted by Crippen LogP contribution is -2.45. The van der Waals surface area contributed by atoms with Gasteiger partial charge in [0.05, 0.1) is 0 Å². The minimum atomic E-state index is 0.174. The van der Waals surface area contributed by atoms with Crippen molar-refractivity contribution in [2.75, 3.05) is 20.1 Å². The van der Waals surface area contributed by atoms with Crippen molar-refractivity contribution in [2.24, 2.45) is 10.9 Å². The number of guanidine groups is 1. The molecule has 1 aromatic rings. The zero-order chi connectivity index (χ0) is 20.1. The first-order chi connectivity index (χ1) is 13.4. The normalized spacial score (nSPS) is 21.2. The smallest absolute Gasteiger partial charge is 0.225 e. The highest BCUT2D eigenvalue weighted by atomic mass is 16.2. The van der Waals surface area contributed by atoms with Gasteiger partial charge in [-0.05, 0) is 35.8 Å². The van der Waals surface area contributed by atoms with Gasteiger partial charge in [-0.3, -0.25) is 9.79 Å². The number of hydrogen-bond acceptors (Lipinski definition) is 2. The molecule has 1 aliphatic carbocycles. The first-order valence-electron chi connectivity index (χ1n) is 10.7. The van der Waals surface area contributed by atoms with E-state index in [0.717, 1.165) is 44.9 Å². The Hall–Kier alpha value is -2.04. The Morgan fingerprint density at radius 3 is 2.43 bits per heavy atom. The number of carbonyl (C=O) groups is 1. The van der Waals surface area contributed by atoms with E-state index < -0.39 is 0 Å². The van der Waals surface area contributed by atoms with Gasteiger partial charge in [0.25, 0.3) is 0 Å². The summed E-state index contributed by atoms with van der Waals surface area (Å²) in [5.41, 5.74) is 2.76. The molecule has 1 unspecified atom stereocenters. The van der Waals surface area contributed by atoms with E-state index in [1.807, 2.05) is 4.90 Å². The van der Waals surface area contributed by atoms with Crippen molar-refractivity contribution in [1.29, 1.82) is 0 Å². The minimum Gasteiger partial charge on any atom is -0.352 e. The molecule has 2 N–H and O–H groups in total. The molecule has 1 heterocycles. The molecule has 0 aromatic heterocycles. The van der Waals surface area contributed by atoms with E-state index >= 15 is 0 Å². The summed E-state index contributed by atoms with van der Waals surface area (Å²) >= 11 is 0. The van der Waals surface area contributed by atoms with Crippen LogP contribution in [0.3, 0.4) is 0 Å². The molecule has 3 rings (SSSR count). The van der Waals surface area contributed by atoms with Gasteiger partial charge >= 0.3 is 0 Å². The van der Waals surface area contributed by atoms with Crippen LogP contribution in [0, 0.1) is 5.92 Å². The number of nitrogens with zero attached hydrogens (tertiary/aromatic N) is 2. The third-order valence-electron chi connectivity index (χ3n) is 6.05. The maximum atomic E-state index is 12.6. The number of hydrogen-bond donors (Lipinski definition) is 2. The van der Waals surface area contributed by atoms with Crippen molar-refractivity contribution < 1.29 is 4.79 Å². The predicted molar refractivity (Wildman–Crippen MR) is 115 cm³/mol. The van der Waals surface area contributed by atoms with Gasteiger partial charge in [0.15, 0.2) is 5.96 Å². The second-order valence-electron chi connectivity index (χ2n) is 9.27. The summed E-state index contributed by atoms with van der Waals surface area (Å²) in [6, 6.07) is 9.05. The molecule has 1 saturated heterocycles. The number of benzene rings is 1. The summed E-state index contributed by atoms with van der Waals surface area (Å²) < 4.78 is 0. The average Bonchev–Trinajstić information content (AvgIpc) is 3.36. The number of amides is 1. The lowest BCUT2D eigenvalue weighted by molar-refractivity contribution is -0.134. The first kappa shape index (κ1) is 20.7. The molecule has 5 heteroatoms. The van der Waals surface area contributed by atoms with Gasteiger partial charge in [-0.1, -0.05) is 57.9 Å². The lowest BCUT2D eigenvalue weighted by Gasteiger charge is -2.22. The van der Waals surface area contributed by atoms with Crippen LogP contribution in [-0.4, -0.2) is 42.9 Å². The van der Waals surface area contributed by atoms with Crippen LogP contribution in [0.4, 0.5) is 0 Å². The molecule has 0 spiro atoms. The van der Waals surface area contributed by atoms with E-state index in [1.54, 1.807) is 7.05 Å². The topological polar surface area (TPSA) is 56.7 Å².